The number of carbonyl (C=O) groups excluding carboxylic acids is 2. The predicted octanol–water partition coefficient (Wildman–Crippen LogP) is 3.54. The molecule has 0 saturated heterocycles. The molecule has 0 atom stereocenters. The van der Waals surface area contributed by atoms with E-state index in [1.165, 1.54) is 12.3 Å². The smallest absolute Gasteiger partial charge is 0.357 e. The number of para-hydroxylation sites is 1. The highest BCUT2D eigenvalue weighted by Gasteiger charge is 2.12. The van der Waals surface area contributed by atoms with Gasteiger partial charge in [0, 0.05) is 17.4 Å². The first-order chi connectivity index (χ1) is 12.2. The van der Waals surface area contributed by atoms with Crippen LogP contribution in [0.5, 0.6) is 0 Å². The summed E-state index contributed by atoms with van der Waals surface area (Å²) in [5.41, 5.74) is 2.71. The third-order valence-corrected chi connectivity index (χ3v) is 3.49. The molecule has 25 heavy (non-hydrogen) atoms. The lowest BCUT2D eigenvalue weighted by molar-refractivity contribution is -0.119. The molecule has 0 radical (unpaired) electrons. The Bertz CT molecular complexity index is 864. The molecule has 0 spiro atoms. The highest BCUT2D eigenvalue weighted by atomic mass is 16.5. The normalized spacial score (nSPS) is 10.1. The molecule has 124 valence electrons. The number of benzene rings is 2. The van der Waals surface area contributed by atoms with Crippen molar-refractivity contribution in [2.24, 2.45) is 0 Å². The zero-order valence-electron chi connectivity index (χ0n) is 13.4. The van der Waals surface area contributed by atoms with E-state index in [1.54, 1.807) is 18.2 Å². The second-order valence-electron chi connectivity index (χ2n) is 5.25. The van der Waals surface area contributed by atoms with E-state index in [2.05, 4.69) is 10.3 Å². The Kier molecular flexibility index (Phi) is 5.16. The minimum absolute atomic E-state index is 0.167. The van der Waals surface area contributed by atoms with Gasteiger partial charge in [0.2, 0.25) is 0 Å². The van der Waals surface area contributed by atoms with Gasteiger partial charge in [-0.2, -0.15) is 0 Å². The van der Waals surface area contributed by atoms with Gasteiger partial charge in [0.25, 0.3) is 5.91 Å². The van der Waals surface area contributed by atoms with Gasteiger partial charge >= 0.3 is 5.97 Å². The standard InChI is InChI=1S/C20H16N2O3/c23-19(14-25-20(24)18-12-6-7-13-21-18)22-17-11-5-4-10-16(17)15-8-2-1-3-9-15/h1-13H,14H2,(H,22,23). The van der Waals surface area contributed by atoms with Crippen LogP contribution in [0.1, 0.15) is 10.5 Å². The molecule has 2 aromatic carbocycles. The van der Waals surface area contributed by atoms with Gasteiger partial charge in [-0.25, -0.2) is 9.78 Å². The fourth-order valence-corrected chi connectivity index (χ4v) is 2.34. The van der Waals surface area contributed by atoms with Crippen molar-refractivity contribution in [1.29, 1.82) is 0 Å². The van der Waals surface area contributed by atoms with Gasteiger partial charge in [-0.3, -0.25) is 4.79 Å². The molecule has 0 saturated carbocycles. The Morgan fingerprint density at radius 2 is 1.60 bits per heavy atom. The monoisotopic (exact) mass is 332 g/mol. The van der Waals surface area contributed by atoms with Crippen LogP contribution in [0, 0.1) is 0 Å². The summed E-state index contributed by atoms with van der Waals surface area (Å²) in [5, 5.41) is 2.78. The molecule has 5 nitrogen and oxygen atoms in total. The number of rotatable bonds is 5. The number of nitrogens with zero attached hydrogens (tertiary/aromatic N) is 1. The van der Waals surface area contributed by atoms with E-state index in [0.29, 0.717) is 5.69 Å². The molecule has 1 aromatic heterocycles. The van der Waals surface area contributed by atoms with E-state index in [-0.39, 0.29) is 12.3 Å². The maximum Gasteiger partial charge on any atom is 0.357 e. The van der Waals surface area contributed by atoms with E-state index in [0.717, 1.165) is 11.1 Å². The third-order valence-electron chi connectivity index (χ3n) is 3.49. The zero-order valence-corrected chi connectivity index (χ0v) is 13.4. The number of anilines is 1. The Balaban J connectivity index is 1.65. The number of ether oxygens (including phenoxy) is 1. The summed E-state index contributed by atoms with van der Waals surface area (Å²) < 4.78 is 4.99. The average molecular weight is 332 g/mol. The summed E-state index contributed by atoms with van der Waals surface area (Å²) in [6.07, 6.45) is 1.49. The lowest BCUT2D eigenvalue weighted by Gasteiger charge is -2.11. The molecular weight excluding hydrogens is 316 g/mol. The largest absolute Gasteiger partial charge is 0.451 e. The number of pyridine rings is 1. The van der Waals surface area contributed by atoms with Crippen molar-refractivity contribution in [3.63, 3.8) is 0 Å². The summed E-state index contributed by atoms with van der Waals surface area (Å²) >= 11 is 0. The number of hydrogen-bond donors (Lipinski definition) is 1. The number of esters is 1. The first-order valence-corrected chi connectivity index (χ1v) is 7.76. The van der Waals surface area contributed by atoms with Crippen molar-refractivity contribution < 1.29 is 14.3 Å². The van der Waals surface area contributed by atoms with Gasteiger partial charge in [-0.05, 0) is 23.8 Å². The predicted molar refractivity (Wildman–Crippen MR) is 95.0 cm³/mol. The van der Waals surface area contributed by atoms with Gasteiger partial charge in [0.15, 0.2) is 6.61 Å². The number of carbonyl (C=O) groups is 2. The molecule has 0 aliphatic rings. The van der Waals surface area contributed by atoms with Gasteiger partial charge in [-0.15, -0.1) is 0 Å². The second kappa shape index (κ2) is 7.88. The third kappa shape index (κ3) is 4.29. The Morgan fingerprint density at radius 1 is 0.880 bits per heavy atom. The molecule has 0 bridgehead atoms. The first kappa shape index (κ1) is 16.4. The van der Waals surface area contributed by atoms with Gasteiger partial charge < -0.3 is 10.1 Å². The van der Waals surface area contributed by atoms with E-state index in [9.17, 15) is 9.59 Å². The molecule has 1 N–H and O–H groups in total. The van der Waals surface area contributed by atoms with Crippen LogP contribution in [0.4, 0.5) is 5.69 Å². The minimum Gasteiger partial charge on any atom is -0.451 e. The van der Waals surface area contributed by atoms with Crippen LogP contribution in [0.2, 0.25) is 0 Å². The summed E-state index contributed by atoms with van der Waals surface area (Å²) in [7, 11) is 0. The van der Waals surface area contributed by atoms with Gasteiger partial charge in [-0.1, -0.05) is 54.6 Å². The minimum atomic E-state index is -0.632. The van der Waals surface area contributed by atoms with Crippen LogP contribution in [0.25, 0.3) is 11.1 Å². The van der Waals surface area contributed by atoms with Crippen LogP contribution >= 0.6 is 0 Å². The maximum absolute atomic E-state index is 12.1. The number of aromatic nitrogens is 1. The molecule has 0 aliphatic carbocycles. The van der Waals surface area contributed by atoms with Crippen LogP contribution in [-0.4, -0.2) is 23.5 Å². The van der Waals surface area contributed by atoms with Crippen molar-refractivity contribution >= 4 is 17.6 Å². The van der Waals surface area contributed by atoms with Crippen LogP contribution in [-0.2, 0) is 9.53 Å². The summed E-state index contributed by atoms with van der Waals surface area (Å²) in [6.45, 7) is -0.376. The maximum atomic E-state index is 12.1. The fraction of sp³-hybridized carbons (Fsp3) is 0.0500. The topological polar surface area (TPSA) is 68.3 Å². The first-order valence-electron chi connectivity index (χ1n) is 7.76. The molecule has 1 amide bonds. The summed E-state index contributed by atoms with van der Waals surface area (Å²) in [4.78, 5) is 27.8. The van der Waals surface area contributed by atoms with Crippen LogP contribution in [0.15, 0.2) is 79.0 Å². The lowest BCUT2D eigenvalue weighted by atomic mass is 10.0. The molecule has 0 unspecified atom stereocenters. The van der Waals surface area contributed by atoms with Crippen LogP contribution in [0.3, 0.4) is 0 Å². The Hall–Kier alpha value is -3.47. The number of hydrogen-bond acceptors (Lipinski definition) is 4. The van der Waals surface area contributed by atoms with Gasteiger partial charge in [0.05, 0.1) is 0 Å². The highest BCUT2D eigenvalue weighted by Crippen LogP contribution is 2.27. The summed E-state index contributed by atoms with van der Waals surface area (Å²) in [6, 6.07) is 22.1. The SMILES string of the molecule is O=C(COC(=O)c1ccccn1)Nc1ccccc1-c1ccccc1. The lowest BCUT2D eigenvalue weighted by Crippen LogP contribution is -2.21. The van der Waals surface area contributed by atoms with E-state index < -0.39 is 11.9 Å². The Morgan fingerprint density at radius 3 is 2.36 bits per heavy atom. The van der Waals surface area contributed by atoms with Gasteiger partial charge in [0.1, 0.15) is 5.69 Å². The molecule has 3 aromatic rings. The number of nitrogens with one attached hydrogen (secondary N) is 1. The molecule has 0 aliphatic heterocycles. The molecule has 3 rings (SSSR count). The van der Waals surface area contributed by atoms with E-state index >= 15 is 0 Å². The quantitative estimate of drug-likeness (QED) is 0.726. The second-order valence-corrected chi connectivity index (χ2v) is 5.25. The Labute approximate surface area is 145 Å². The molecule has 1 heterocycles. The number of amides is 1. The fourth-order valence-electron chi connectivity index (χ4n) is 2.34. The molecule has 0 fully saturated rings. The van der Waals surface area contributed by atoms with Crippen molar-refractivity contribution in [2.75, 3.05) is 11.9 Å². The van der Waals surface area contributed by atoms with Crippen molar-refractivity contribution in [2.45, 2.75) is 0 Å². The average Bonchev–Trinajstić information content (AvgIpc) is 2.68. The van der Waals surface area contributed by atoms with Crippen LogP contribution < -0.4 is 5.32 Å². The van der Waals surface area contributed by atoms with E-state index in [4.69, 9.17) is 4.74 Å². The summed E-state index contributed by atoms with van der Waals surface area (Å²) in [5.74, 6) is -1.04. The molecular formula is C20H16N2O3. The van der Waals surface area contributed by atoms with Crippen molar-refractivity contribution in [3.05, 3.63) is 84.7 Å². The van der Waals surface area contributed by atoms with E-state index in [1.807, 2.05) is 48.5 Å². The van der Waals surface area contributed by atoms with Crippen molar-refractivity contribution in [3.8, 4) is 11.1 Å². The zero-order chi connectivity index (χ0) is 17.5. The van der Waals surface area contributed by atoms with Crippen molar-refractivity contribution in [1.82, 2.24) is 4.98 Å². The highest BCUT2D eigenvalue weighted by molar-refractivity contribution is 5.97. The molecule has 5 heteroatoms.